The summed E-state index contributed by atoms with van der Waals surface area (Å²) in [6, 6.07) is 53.0. The molecule has 0 saturated heterocycles. The number of carboxylic acids is 2. The molecule has 2 N–H and O–H groups in total. The number of hydrogen-bond acceptors (Lipinski definition) is 10. The summed E-state index contributed by atoms with van der Waals surface area (Å²) in [4.78, 5) is 43.4. The molecule has 12 rings (SSSR count). The first-order valence-corrected chi connectivity index (χ1v) is 38.3. The molecule has 11 nitrogen and oxygen atoms in total. The first kappa shape index (κ1) is 78.6. The molecule has 1 aliphatic rings. The van der Waals surface area contributed by atoms with Crippen molar-refractivity contribution in [1.82, 2.24) is 24.5 Å². The molecule has 16 heteroatoms. The van der Waals surface area contributed by atoms with E-state index in [1.807, 2.05) is 35.1 Å². The zero-order valence-corrected chi connectivity index (χ0v) is 63.5. The summed E-state index contributed by atoms with van der Waals surface area (Å²) < 4.78 is 2.52. The third-order valence-corrected chi connectivity index (χ3v) is 21.0. The summed E-state index contributed by atoms with van der Waals surface area (Å²) in [6.45, 7) is 9.21. The van der Waals surface area contributed by atoms with Crippen LogP contribution in [0.25, 0.3) is 92.4 Å². The standard InChI is InChI=1S/C71H83N3S2.C12H8N2O4.2CNS.Ru/c1-5-9-13-17-21-25-51-29-33-57-59(45-51)60-46-52(26-22-18-14-10-6-2)30-34-58(60)71(57)69-38-37-67(75-69)55-41-43-72-63(49-55)64-50-56(42-44-73-64)68-39-40-70(76-68)74-65-35-31-53(27-23-19-15-11-7-3)47-61(65)62-48-54(32-36-66(62)74)28-24-20-16-12-8-4;15-11(16)7-1-3-13-9(5-7)10-6-8(12(17)18)2-4-14-10;2*2-1-3;/h29-50,71H,5-28H2,1-4H3;1-6H,(H,15,16)(H,17,18);;;/q;;2*-1;+2. The molecule has 0 spiro atoms. The number of isothiocyanates is 2. The van der Waals surface area contributed by atoms with Crippen LogP contribution in [0.4, 0.5) is 0 Å². The molecule has 0 atom stereocenters. The van der Waals surface area contributed by atoms with Crippen LogP contribution < -0.4 is 0 Å². The largest absolute Gasteiger partial charge is 2.00 e. The topological polar surface area (TPSA) is 176 Å². The molecule has 7 heterocycles. The van der Waals surface area contributed by atoms with E-state index in [0.29, 0.717) is 11.4 Å². The smallest absolute Gasteiger partial charge is 0.753 e. The van der Waals surface area contributed by atoms with E-state index in [9.17, 15) is 9.59 Å². The molecule has 0 saturated carbocycles. The fraction of sp³-hybridized carbons (Fsp3) is 0.341. The molecule has 522 valence electrons. The Hall–Kier alpha value is -8.16. The van der Waals surface area contributed by atoms with Gasteiger partial charge in [-0.3, -0.25) is 19.9 Å². The van der Waals surface area contributed by atoms with Gasteiger partial charge in [-0.05, 0) is 204 Å². The Morgan fingerprint density at radius 2 is 0.772 bits per heavy atom. The Balaban J connectivity index is 0.000000440. The Bertz CT molecular complexity index is 4380. The number of aromatic carboxylic acids is 2. The average molecular weight is 1500 g/mol. The second kappa shape index (κ2) is 41.1. The van der Waals surface area contributed by atoms with Crippen molar-refractivity contribution in [2.75, 3.05) is 0 Å². The van der Waals surface area contributed by atoms with Crippen molar-refractivity contribution in [3.05, 3.63) is 231 Å². The van der Waals surface area contributed by atoms with Crippen LogP contribution in [0.3, 0.4) is 0 Å². The molecular weight excluding hydrogens is 1410 g/mol. The van der Waals surface area contributed by atoms with Crippen LogP contribution in [-0.4, -0.2) is 57.0 Å². The molecule has 7 aromatic heterocycles. The fourth-order valence-electron chi connectivity index (χ4n) is 13.5. The van der Waals surface area contributed by atoms with Crippen molar-refractivity contribution in [3.63, 3.8) is 0 Å². The first-order valence-electron chi connectivity index (χ1n) is 35.8. The molecule has 1 aliphatic carbocycles. The Morgan fingerprint density at radius 1 is 0.426 bits per heavy atom. The number of benzene rings is 4. The van der Waals surface area contributed by atoms with Crippen LogP contribution in [0.2, 0.25) is 0 Å². The van der Waals surface area contributed by atoms with E-state index in [2.05, 4.69) is 188 Å². The number of carboxylic acid groups (broad SMARTS) is 2. The predicted molar refractivity (Wildman–Crippen MR) is 424 cm³/mol. The minimum atomic E-state index is -1.08. The third-order valence-electron chi connectivity index (χ3n) is 18.7. The van der Waals surface area contributed by atoms with Crippen LogP contribution in [0.1, 0.15) is 221 Å². The molecule has 0 radical (unpaired) electrons. The number of rotatable bonds is 32. The van der Waals surface area contributed by atoms with Gasteiger partial charge >= 0.3 is 31.4 Å². The number of hydrogen-bond donors (Lipinski definition) is 2. The average Bonchev–Trinajstić information content (AvgIpc) is 1.60. The quantitative estimate of drug-likeness (QED) is 0.0179. The van der Waals surface area contributed by atoms with Gasteiger partial charge in [0.15, 0.2) is 0 Å². The summed E-state index contributed by atoms with van der Waals surface area (Å²) in [5.41, 5.74) is 19.2. The van der Waals surface area contributed by atoms with Crippen molar-refractivity contribution in [1.29, 1.82) is 0 Å². The van der Waals surface area contributed by atoms with Gasteiger partial charge in [0.1, 0.15) is 5.00 Å². The van der Waals surface area contributed by atoms with Gasteiger partial charge < -0.3 is 25.6 Å². The molecule has 0 bridgehead atoms. The van der Waals surface area contributed by atoms with Crippen molar-refractivity contribution < 1.29 is 39.3 Å². The van der Waals surface area contributed by atoms with Crippen LogP contribution in [-0.2, 0) is 45.2 Å². The Kier molecular flexibility index (Phi) is 31.9. The van der Waals surface area contributed by atoms with E-state index in [1.165, 1.54) is 272 Å². The number of unbranched alkanes of at least 4 members (excludes halogenated alkanes) is 16. The van der Waals surface area contributed by atoms with Crippen molar-refractivity contribution >= 4 is 91.2 Å². The molecule has 4 aromatic carbocycles. The van der Waals surface area contributed by atoms with Crippen molar-refractivity contribution in [3.8, 4) is 59.8 Å². The summed E-state index contributed by atoms with van der Waals surface area (Å²) in [5.74, 6) is -1.91. The number of fused-ring (bicyclic) bond motifs is 6. The van der Waals surface area contributed by atoms with Gasteiger partial charge in [-0.1, -0.05) is 203 Å². The zero-order chi connectivity index (χ0) is 70.6. The minimum Gasteiger partial charge on any atom is -0.753 e. The van der Waals surface area contributed by atoms with Gasteiger partial charge in [-0.25, -0.2) is 9.59 Å². The number of aromatic nitrogens is 5. The van der Waals surface area contributed by atoms with Crippen LogP contribution in [0.5, 0.6) is 0 Å². The molecule has 11 aromatic rings. The van der Waals surface area contributed by atoms with Gasteiger partial charge in [-0.2, -0.15) is 10.3 Å². The maximum Gasteiger partial charge on any atom is 2.00 e. The van der Waals surface area contributed by atoms with E-state index in [-0.39, 0.29) is 36.5 Å². The SMILES string of the molecule is CCCCCCCc1ccc2c(c1)-c1cc(CCCCCCC)ccc1C2c1ccc(-c2ccnc(-c3cc(-c4ccc(-n5c6ccc(CCCCCCC)cc6c6cc(CCCCCCC)ccc65)s4)ccn3)c2)s1.O=C(O)c1ccnc(-c2cc(C(=O)O)ccn2)c1.[N-]=C=S.[N-]=C=S.[Ru+2]. The molecule has 0 amide bonds. The normalized spacial score (nSPS) is 11.2. The van der Waals surface area contributed by atoms with Gasteiger partial charge in [-0.15, -0.1) is 22.7 Å². The fourth-order valence-corrected chi connectivity index (χ4v) is 15.7. The summed E-state index contributed by atoms with van der Waals surface area (Å²) in [6.07, 6.45) is 37.4. The maximum absolute atomic E-state index is 10.8. The molecule has 101 heavy (non-hydrogen) atoms. The van der Waals surface area contributed by atoms with E-state index in [4.69, 9.17) is 31.0 Å². The molecule has 0 fully saturated rings. The van der Waals surface area contributed by atoms with Crippen molar-refractivity contribution in [2.45, 2.75) is 188 Å². The molecular formula is C85H91N7O4RuS4. The first-order chi connectivity index (χ1) is 48.9. The number of thiocarbonyl (C=S) groups is 2. The van der Waals surface area contributed by atoms with Crippen molar-refractivity contribution in [2.24, 2.45) is 0 Å². The van der Waals surface area contributed by atoms with Gasteiger partial charge in [0.05, 0.1) is 44.9 Å². The second-order valence-corrected chi connectivity index (χ2v) is 28.4. The number of pyridine rings is 4. The zero-order valence-electron chi connectivity index (χ0n) is 58.5. The van der Waals surface area contributed by atoms with E-state index >= 15 is 0 Å². The Labute approximate surface area is 628 Å². The predicted octanol–water partition coefficient (Wildman–Crippen LogP) is 24.8. The van der Waals surface area contributed by atoms with Gasteiger partial charge in [0, 0.05) is 56.1 Å². The maximum atomic E-state index is 10.8. The minimum absolute atomic E-state index is 0. The number of thiophene rings is 2. The van der Waals surface area contributed by atoms with E-state index in [0.717, 1.165) is 37.1 Å². The van der Waals surface area contributed by atoms with E-state index in [1.54, 1.807) is 0 Å². The van der Waals surface area contributed by atoms with Gasteiger partial charge in [0.2, 0.25) is 0 Å². The summed E-state index contributed by atoms with van der Waals surface area (Å²) in [7, 11) is 0. The van der Waals surface area contributed by atoms with E-state index < -0.39 is 11.9 Å². The monoisotopic (exact) mass is 1500 g/mol. The third kappa shape index (κ3) is 21.5. The van der Waals surface area contributed by atoms with Gasteiger partial charge in [0.25, 0.3) is 0 Å². The number of carbonyl (C=O) groups is 2. The molecule has 0 aliphatic heterocycles. The Morgan fingerprint density at radius 3 is 1.17 bits per heavy atom. The summed E-state index contributed by atoms with van der Waals surface area (Å²) >= 11 is 11.2. The molecule has 0 unspecified atom stereocenters. The van der Waals surface area contributed by atoms with Crippen LogP contribution in [0.15, 0.2) is 170 Å². The summed E-state index contributed by atoms with van der Waals surface area (Å²) in [5, 5.41) is 38.7. The van der Waals surface area contributed by atoms with Crippen LogP contribution >= 0.6 is 47.1 Å². The second-order valence-electron chi connectivity index (χ2n) is 25.8. The number of nitrogens with zero attached hydrogens (tertiary/aromatic N) is 7. The van der Waals surface area contributed by atoms with Crippen LogP contribution in [0, 0.1) is 0 Å². The number of aryl methyl sites for hydroxylation is 4.